The summed E-state index contributed by atoms with van der Waals surface area (Å²) in [6, 6.07) is -0.277. The van der Waals surface area contributed by atoms with Crippen LogP contribution in [0.5, 0.6) is 0 Å². The van der Waals surface area contributed by atoms with Crippen LogP contribution in [0, 0.1) is 0 Å². The molecule has 0 aromatic heterocycles. The molecule has 0 aliphatic carbocycles. The number of rotatable bonds is 2. The number of hydrazine groups is 1. The van der Waals surface area contributed by atoms with Crippen LogP contribution in [0.2, 0.25) is 0 Å². The molecule has 0 aromatic carbocycles. The van der Waals surface area contributed by atoms with Gasteiger partial charge in [0, 0.05) is 6.16 Å². The molecule has 0 aromatic rings. The minimum absolute atomic E-state index is 0.277. The van der Waals surface area contributed by atoms with Crippen molar-refractivity contribution >= 4 is 20.8 Å². The van der Waals surface area contributed by atoms with E-state index in [1.54, 1.807) is 0 Å². The fourth-order valence-corrected chi connectivity index (χ4v) is 1.48. The molecule has 0 saturated carbocycles. The molecular formula is C4H7N2O2P. The second-order valence-corrected chi connectivity index (χ2v) is 2.73. The number of hydrogen-bond donors (Lipinski definition) is 2. The normalized spacial score (nSPS) is 28.7. The fourth-order valence-electron chi connectivity index (χ4n) is 0.596. The highest BCUT2D eigenvalue weighted by molar-refractivity contribution is 7.36. The van der Waals surface area contributed by atoms with E-state index >= 15 is 0 Å². The minimum Gasteiger partial charge on any atom is -0.295 e. The van der Waals surface area contributed by atoms with Gasteiger partial charge in [0.2, 0.25) is 5.78 Å². The maximum atomic E-state index is 10.5. The SMILES string of the molecule is O=CC(=O)C1CPNN1. The summed E-state index contributed by atoms with van der Waals surface area (Å²) in [5.74, 6) is -0.368. The Balaban J connectivity index is 2.41. The molecule has 5 heteroatoms. The number of carbonyl (C=O) groups is 2. The Morgan fingerprint density at radius 1 is 1.78 bits per heavy atom. The molecule has 1 saturated heterocycles. The van der Waals surface area contributed by atoms with Crippen LogP contribution in [-0.4, -0.2) is 24.3 Å². The van der Waals surface area contributed by atoms with Crippen LogP contribution in [0.25, 0.3) is 0 Å². The standard InChI is InChI=1S/C4H7N2O2P/c7-1-4(8)3-2-9-6-5-3/h1,3,5-6,9H,2H2. The van der Waals surface area contributed by atoms with Crippen LogP contribution in [0.1, 0.15) is 0 Å². The van der Waals surface area contributed by atoms with Crippen molar-refractivity contribution in [1.29, 1.82) is 0 Å². The Bertz CT molecular complexity index is 133. The van der Waals surface area contributed by atoms with E-state index in [0.717, 1.165) is 6.16 Å². The van der Waals surface area contributed by atoms with Crippen molar-refractivity contribution in [2.24, 2.45) is 0 Å². The van der Waals surface area contributed by atoms with Crippen molar-refractivity contribution in [2.75, 3.05) is 6.16 Å². The predicted molar refractivity (Wildman–Crippen MR) is 34.3 cm³/mol. The quantitative estimate of drug-likeness (QED) is 0.292. The van der Waals surface area contributed by atoms with Crippen molar-refractivity contribution in [2.45, 2.75) is 6.04 Å². The van der Waals surface area contributed by atoms with Gasteiger partial charge in [0.25, 0.3) is 0 Å². The summed E-state index contributed by atoms with van der Waals surface area (Å²) >= 11 is 0. The fraction of sp³-hybridized carbons (Fsp3) is 0.500. The van der Waals surface area contributed by atoms with Gasteiger partial charge in [0.15, 0.2) is 6.29 Å². The van der Waals surface area contributed by atoms with Crippen LogP contribution in [-0.2, 0) is 9.59 Å². The molecule has 9 heavy (non-hydrogen) atoms. The lowest BCUT2D eigenvalue weighted by atomic mass is 10.2. The Hall–Kier alpha value is -0.310. The van der Waals surface area contributed by atoms with E-state index in [-0.39, 0.29) is 11.8 Å². The summed E-state index contributed by atoms with van der Waals surface area (Å²) in [6.45, 7) is 0. The third-order valence-corrected chi connectivity index (χ3v) is 2.03. The first-order valence-corrected chi connectivity index (χ1v) is 3.77. The molecule has 1 heterocycles. The first-order valence-electron chi connectivity index (χ1n) is 2.57. The van der Waals surface area contributed by atoms with E-state index in [9.17, 15) is 9.59 Å². The monoisotopic (exact) mass is 146 g/mol. The molecule has 2 atom stereocenters. The third kappa shape index (κ3) is 1.55. The minimum atomic E-state index is -0.368. The molecule has 1 fully saturated rings. The second kappa shape index (κ2) is 3.01. The molecular weight excluding hydrogens is 139 g/mol. The highest BCUT2D eigenvalue weighted by Crippen LogP contribution is 2.10. The Morgan fingerprint density at radius 3 is 3.00 bits per heavy atom. The predicted octanol–water partition coefficient (Wildman–Crippen LogP) is -1.18. The zero-order valence-electron chi connectivity index (χ0n) is 4.68. The third-order valence-electron chi connectivity index (χ3n) is 1.10. The van der Waals surface area contributed by atoms with E-state index in [1.165, 1.54) is 0 Å². The van der Waals surface area contributed by atoms with Gasteiger partial charge >= 0.3 is 0 Å². The molecule has 2 N–H and O–H groups in total. The highest BCUT2D eigenvalue weighted by atomic mass is 31.1. The summed E-state index contributed by atoms with van der Waals surface area (Å²) < 4.78 is 0. The number of ketones is 1. The van der Waals surface area contributed by atoms with Crippen molar-refractivity contribution in [3.63, 3.8) is 0 Å². The molecule has 0 bridgehead atoms. The van der Waals surface area contributed by atoms with Crippen molar-refractivity contribution in [3.05, 3.63) is 0 Å². The van der Waals surface area contributed by atoms with Crippen molar-refractivity contribution < 1.29 is 9.59 Å². The van der Waals surface area contributed by atoms with Gasteiger partial charge in [-0.2, -0.15) is 0 Å². The summed E-state index contributed by atoms with van der Waals surface area (Å²) in [7, 11) is 0.544. The van der Waals surface area contributed by atoms with E-state index in [1.807, 2.05) is 0 Å². The number of aldehydes is 1. The van der Waals surface area contributed by atoms with Crippen LogP contribution in [0.15, 0.2) is 0 Å². The second-order valence-electron chi connectivity index (χ2n) is 1.72. The smallest absolute Gasteiger partial charge is 0.213 e. The molecule has 1 aliphatic heterocycles. The molecule has 1 rings (SSSR count). The lowest BCUT2D eigenvalue weighted by molar-refractivity contribution is -0.130. The lowest BCUT2D eigenvalue weighted by Gasteiger charge is -1.99. The first-order chi connectivity index (χ1) is 4.34. The van der Waals surface area contributed by atoms with Gasteiger partial charge in [-0.3, -0.25) is 9.59 Å². The largest absolute Gasteiger partial charge is 0.295 e. The Kier molecular flexibility index (Phi) is 2.28. The Labute approximate surface area is 54.2 Å². The molecule has 1 aliphatic rings. The van der Waals surface area contributed by atoms with Crippen LogP contribution in [0.3, 0.4) is 0 Å². The summed E-state index contributed by atoms with van der Waals surface area (Å²) in [4.78, 5) is 20.4. The maximum absolute atomic E-state index is 10.5. The van der Waals surface area contributed by atoms with Crippen LogP contribution >= 0.6 is 8.73 Å². The number of carbonyl (C=O) groups excluding carboxylic acids is 2. The molecule has 2 unspecified atom stereocenters. The van der Waals surface area contributed by atoms with Gasteiger partial charge in [-0.1, -0.05) is 0 Å². The van der Waals surface area contributed by atoms with Gasteiger partial charge in [-0.25, -0.2) is 10.6 Å². The topological polar surface area (TPSA) is 58.2 Å². The van der Waals surface area contributed by atoms with E-state index in [0.29, 0.717) is 15.0 Å². The zero-order valence-corrected chi connectivity index (χ0v) is 5.68. The highest BCUT2D eigenvalue weighted by Gasteiger charge is 2.20. The molecule has 4 nitrogen and oxygen atoms in total. The number of hydrogen-bond acceptors (Lipinski definition) is 4. The lowest BCUT2D eigenvalue weighted by Crippen LogP contribution is -2.37. The average Bonchev–Trinajstić information content (AvgIpc) is 2.37. The van der Waals surface area contributed by atoms with Gasteiger partial charge in [0.1, 0.15) is 0 Å². The van der Waals surface area contributed by atoms with E-state index < -0.39 is 0 Å². The number of nitrogens with one attached hydrogen (secondary N) is 2. The van der Waals surface area contributed by atoms with Crippen LogP contribution in [0.4, 0.5) is 0 Å². The molecule has 0 spiro atoms. The maximum Gasteiger partial charge on any atom is 0.213 e. The zero-order chi connectivity index (χ0) is 6.69. The summed E-state index contributed by atoms with van der Waals surface area (Å²) in [5, 5.41) is 2.79. The molecule has 0 amide bonds. The van der Waals surface area contributed by atoms with Crippen LogP contribution < -0.4 is 10.6 Å². The van der Waals surface area contributed by atoms with Crippen molar-refractivity contribution in [3.8, 4) is 0 Å². The average molecular weight is 146 g/mol. The van der Waals surface area contributed by atoms with Gasteiger partial charge in [-0.05, 0) is 8.73 Å². The van der Waals surface area contributed by atoms with Gasteiger partial charge < -0.3 is 0 Å². The van der Waals surface area contributed by atoms with Gasteiger partial charge in [0.05, 0.1) is 6.04 Å². The first kappa shape index (κ1) is 6.81. The van der Waals surface area contributed by atoms with E-state index in [4.69, 9.17) is 0 Å². The Morgan fingerprint density at radius 2 is 2.56 bits per heavy atom. The van der Waals surface area contributed by atoms with Gasteiger partial charge in [-0.15, -0.1) is 0 Å². The number of Topliss-reactive ketones (excluding diaryl/α,β-unsaturated/α-hetero) is 1. The summed E-state index contributed by atoms with van der Waals surface area (Å²) in [5.41, 5.74) is 2.69. The molecule has 0 radical (unpaired) electrons. The summed E-state index contributed by atoms with van der Waals surface area (Å²) in [6.07, 6.45) is 1.09. The molecule has 50 valence electrons. The van der Waals surface area contributed by atoms with E-state index in [2.05, 4.69) is 10.6 Å². The van der Waals surface area contributed by atoms with Crippen molar-refractivity contribution in [1.82, 2.24) is 10.6 Å².